The number of aryl methyl sites for hydroxylation is 2. The lowest BCUT2D eigenvalue weighted by Crippen LogP contribution is -2.26. The Morgan fingerprint density at radius 2 is 1.88 bits per heavy atom. The third-order valence-corrected chi connectivity index (χ3v) is 3.77. The number of ether oxygens (including phenoxy) is 1. The van der Waals surface area contributed by atoms with E-state index >= 15 is 0 Å². The van der Waals surface area contributed by atoms with Crippen LogP contribution in [-0.4, -0.2) is 18.2 Å². The van der Waals surface area contributed by atoms with Crippen molar-refractivity contribution in [2.45, 2.75) is 27.2 Å². The molecular formula is C19H21ClN2O2. The first-order chi connectivity index (χ1) is 11.5. The molecule has 5 heteroatoms. The van der Waals surface area contributed by atoms with Gasteiger partial charge in [-0.1, -0.05) is 48.4 Å². The van der Waals surface area contributed by atoms with Gasteiger partial charge in [0.05, 0.1) is 5.71 Å². The number of benzene rings is 2. The first kappa shape index (κ1) is 18.0. The number of halogens is 1. The monoisotopic (exact) mass is 344 g/mol. The van der Waals surface area contributed by atoms with Gasteiger partial charge in [-0.05, 0) is 49.6 Å². The van der Waals surface area contributed by atoms with Gasteiger partial charge in [-0.2, -0.15) is 5.10 Å². The highest BCUT2D eigenvalue weighted by Crippen LogP contribution is 2.21. The molecule has 0 fully saturated rings. The molecule has 0 atom stereocenters. The average Bonchev–Trinajstić information content (AvgIpc) is 2.56. The van der Waals surface area contributed by atoms with Crippen molar-refractivity contribution in [3.8, 4) is 5.75 Å². The van der Waals surface area contributed by atoms with Crippen LogP contribution in [0.1, 0.15) is 30.0 Å². The SMILES string of the molecule is CCC(=NNC(=O)COc1ccc(Cl)cc1C)c1ccc(C)cc1. The first-order valence-corrected chi connectivity index (χ1v) is 8.18. The summed E-state index contributed by atoms with van der Waals surface area (Å²) in [7, 11) is 0. The predicted molar refractivity (Wildman–Crippen MR) is 97.8 cm³/mol. The minimum Gasteiger partial charge on any atom is -0.483 e. The third-order valence-electron chi connectivity index (χ3n) is 3.53. The zero-order valence-electron chi connectivity index (χ0n) is 14.1. The Bertz CT molecular complexity index is 740. The Labute approximate surface area is 147 Å². The number of carbonyl (C=O) groups excluding carboxylic acids is 1. The van der Waals surface area contributed by atoms with Gasteiger partial charge in [-0.25, -0.2) is 5.43 Å². The maximum atomic E-state index is 11.9. The summed E-state index contributed by atoms with van der Waals surface area (Å²) in [6, 6.07) is 13.3. The van der Waals surface area contributed by atoms with Gasteiger partial charge >= 0.3 is 0 Å². The highest BCUT2D eigenvalue weighted by molar-refractivity contribution is 6.30. The highest BCUT2D eigenvalue weighted by Gasteiger charge is 2.06. The maximum Gasteiger partial charge on any atom is 0.277 e. The quantitative estimate of drug-likeness (QED) is 0.628. The minimum absolute atomic E-state index is 0.100. The molecule has 1 N–H and O–H groups in total. The molecule has 4 nitrogen and oxygen atoms in total. The Morgan fingerprint density at radius 3 is 2.50 bits per heavy atom. The van der Waals surface area contributed by atoms with Crippen LogP contribution in [0.2, 0.25) is 5.02 Å². The number of rotatable bonds is 6. The molecule has 126 valence electrons. The maximum absolute atomic E-state index is 11.9. The average molecular weight is 345 g/mol. The van der Waals surface area contributed by atoms with E-state index in [2.05, 4.69) is 10.5 Å². The molecule has 0 radical (unpaired) electrons. The highest BCUT2D eigenvalue weighted by atomic mass is 35.5. The van der Waals surface area contributed by atoms with E-state index in [9.17, 15) is 4.79 Å². The molecule has 24 heavy (non-hydrogen) atoms. The molecule has 2 aromatic carbocycles. The Hall–Kier alpha value is -2.33. The number of amides is 1. The van der Waals surface area contributed by atoms with E-state index in [1.165, 1.54) is 5.56 Å². The predicted octanol–water partition coefficient (Wildman–Crippen LogP) is 4.27. The van der Waals surface area contributed by atoms with Crippen molar-refractivity contribution in [1.29, 1.82) is 0 Å². The molecule has 0 heterocycles. The Morgan fingerprint density at radius 1 is 1.17 bits per heavy atom. The lowest BCUT2D eigenvalue weighted by atomic mass is 10.1. The molecule has 0 saturated heterocycles. The van der Waals surface area contributed by atoms with E-state index in [-0.39, 0.29) is 12.5 Å². The molecule has 0 saturated carbocycles. The number of hydrogen-bond acceptors (Lipinski definition) is 3. The van der Waals surface area contributed by atoms with Crippen LogP contribution in [0.15, 0.2) is 47.6 Å². The second-order valence-electron chi connectivity index (χ2n) is 5.51. The number of hydrazone groups is 1. The van der Waals surface area contributed by atoms with Crippen molar-refractivity contribution in [2.75, 3.05) is 6.61 Å². The van der Waals surface area contributed by atoms with Crippen molar-refractivity contribution in [1.82, 2.24) is 5.43 Å². The molecule has 0 unspecified atom stereocenters. The van der Waals surface area contributed by atoms with Crippen molar-refractivity contribution in [2.24, 2.45) is 5.10 Å². The fourth-order valence-corrected chi connectivity index (χ4v) is 2.40. The topological polar surface area (TPSA) is 50.7 Å². The summed E-state index contributed by atoms with van der Waals surface area (Å²) in [5.41, 5.74) is 6.44. The molecule has 1 amide bonds. The van der Waals surface area contributed by atoms with Gasteiger partial charge in [0.2, 0.25) is 0 Å². The van der Waals surface area contributed by atoms with Crippen molar-refractivity contribution in [3.05, 3.63) is 64.2 Å². The molecule has 0 aromatic heterocycles. The lowest BCUT2D eigenvalue weighted by Gasteiger charge is -2.09. The van der Waals surface area contributed by atoms with E-state index in [1.807, 2.05) is 45.0 Å². The molecule has 0 spiro atoms. The lowest BCUT2D eigenvalue weighted by molar-refractivity contribution is -0.123. The van der Waals surface area contributed by atoms with E-state index in [0.717, 1.165) is 23.3 Å². The summed E-state index contributed by atoms with van der Waals surface area (Å²) in [5, 5.41) is 4.85. The van der Waals surface area contributed by atoms with Crippen LogP contribution in [0.3, 0.4) is 0 Å². The first-order valence-electron chi connectivity index (χ1n) is 7.81. The minimum atomic E-state index is -0.303. The van der Waals surface area contributed by atoms with Crippen molar-refractivity contribution < 1.29 is 9.53 Å². The van der Waals surface area contributed by atoms with E-state index in [0.29, 0.717) is 10.8 Å². The van der Waals surface area contributed by atoms with Crippen LogP contribution >= 0.6 is 11.6 Å². The normalized spacial score (nSPS) is 11.2. The van der Waals surface area contributed by atoms with Gasteiger partial charge in [-0.15, -0.1) is 0 Å². The summed E-state index contributed by atoms with van der Waals surface area (Å²) in [6.07, 6.45) is 0.723. The Kier molecular flexibility index (Phi) is 6.38. The molecular weight excluding hydrogens is 324 g/mol. The molecule has 0 aliphatic heterocycles. The van der Waals surface area contributed by atoms with Crippen molar-refractivity contribution >= 4 is 23.2 Å². The van der Waals surface area contributed by atoms with Crippen LogP contribution in [0.5, 0.6) is 5.75 Å². The van der Waals surface area contributed by atoms with E-state index in [1.54, 1.807) is 18.2 Å². The van der Waals surface area contributed by atoms with Crippen molar-refractivity contribution in [3.63, 3.8) is 0 Å². The summed E-state index contributed by atoms with van der Waals surface area (Å²) < 4.78 is 5.50. The zero-order valence-corrected chi connectivity index (χ0v) is 14.9. The number of hydrogen-bond donors (Lipinski definition) is 1. The van der Waals surface area contributed by atoms with Gasteiger partial charge < -0.3 is 4.74 Å². The number of carbonyl (C=O) groups is 1. The fourth-order valence-electron chi connectivity index (χ4n) is 2.17. The van der Waals surface area contributed by atoms with Gasteiger partial charge in [0.15, 0.2) is 6.61 Å². The van der Waals surface area contributed by atoms with E-state index < -0.39 is 0 Å². The number of nitrogens with one attached hydrogen (secondary N) is 1. The second kappa shape index (κ2) is 8.50. The Balaban J connectivity index is 1.94. The summed E-state index contributed by atoms with van der Waals surface area (Å²) in [6.45, 7) is 5.81. The molecule has 0 aliphatic carbocycles. The van der Waals surface area contributed by atoms with Gasteiger partial charge in [0.1, 0.15) is 5.75 Å². The van der Waals surface area contributed by atoms with Crippen LogP contribution in [0, 0.1) is 13.8 Å². The summed E-state index contributed by atoms with van der Waals surface area (Å²) >= 11 is 5.90. The van der Waals surface area contributed by atoms with Crippen LogP contribution in [0.25, 0.3) is 0 Å². The number of nitrogens with zero attached hydrogens (tertiary/aromatic N) is 1. The summed E-state index contributed by atoms with van der Waals surface area (Å²) in [5.74, 6) is 0.329. The molecule has 2 rings (SSSR count). The van der Waals surface area contributed by atoms with E-state index in [4.69, 9.17) is 16.3 Å². The second-order valence-corrected chi connectivity index (χ2v) is 5.95. The van der Waals surface area contributed by atoms with Gasteiger partial charge in [0.25, 0.3) is 5.91 Å². The van der Waals surface area contributed by atoms with Crippen LogP contribution < -0.4 is 10.2 Å². The summed E-state index contributed by atoms with van der Waals surface area (Å²) in [4.78, 5) is 11.9. The standard InChI is InChI=1S/C19H21ClN2O2/c1-4-17(15-7-5-13(2)6-8-15)21-22-19(23)12-24-18-10-9-16(20)11-14(18)3/h5-11H,4,12H2,1-3H3,(H,22,23). The molecule has 2 aromatic rings. The van der Waals surface area contributed by atoms with Gasteiger partial charge in [-0.3, -0.25) is 4.79 Å². The molecule has 0 bridgehead atoms. The van der Waals surface area contributed by atoms with Gasteiger partial charge in [0, 0.05) is 5.02 Å². The smallest absolute Gasteiger partial charge is 0.277 e. The van der Waals surface area contributed by atoms with Crippen LogP contribution in [0.4, 0.5) is 0 Å². The zero-order chi connectivity index (χ0) is 17.5. The fraction of sp³-hybridized carbons (Fsp3) is 0.263. The van der Waals surface area contributed by atoms with Crippen LogP contribution in [-0.2, 0) is 4.79 Å². The largest absolute Gasteiger partial charge is 0.483 e. The third kappa shape index (κ3) is 5.10. The molecule has 0 aliphatic rings.